The Hall–Kier alpha value is -2.41. The van der Waals surface area contributed by atoms with E-state index in [-0.39, 0.29) is 0 Å². The van der Waals surface area contributed by atoms with E-state index in [1.54, 1.807) is 24.3 Å². The molecule has 5 nitrogen and oxygen atoms in total. The fraction of sp³-hybridized carbons (Fsp3) is 0.133. The third kappa shape index (κ3) is 2.80. The van der Waals surface area contributed by atoms with Crippen molar-refractivity contribution in [3.8, 4) is 0 Å². The van der Waals surface area contributed by atoms with E-state index in [2.05, 4.69) is 6.58 Å². The molecule has 0 aliphatic carbocycles. The van der Waals surface area contributed by atoms with E-state index in [0.29, 0.717) is 21.8 Å². The second-order valence-electron chi connectivity index (χ2n) is 4.76. The average molecular weight is 323 g/mol. The zero-order valence-corrected chi connectivity index (χ0v) is 12.5. The van der Waals surface area contributed by atoms with Crippen molar-refractivity contribution in [2.24, 2.45) is 0 Å². The molecule has 0 aliphatic heterocycles. The highest BCUT2D eigenvalue weighted by atomic mass is 32.2. The summed E-state index contributed by atoms with van der Waals surface area (Å²) < 4.78 is 39.1. The first-order chi connectivity index (χ1) is 10.3. The largest absolute Gasteiger partial charge is 0.477 e. The molecule has 7 heteroatoms. The summed E-state index contributed by atoms with van der Waals surface area (Å²) >= 11 is 0. The molecule has 0 fully saturated rings. The standard InChI is InChI=1S/C15H14FNO4S/c1-3-14(11-6-4-10(2)5-7-11)22(20,21)17-9-12(16)8-13(17)15(18)19/h3-9,14H,1H2,2H3,(H,18,19). The fourth-order valence-electron chi connectivity index (χ4n) is 2.09. The third-order valence-electron chi connectivity index (χ3n) is 3.19. The molecule has 22 heavy (non-hydrogen) atoms. The summed E-state index contributed by atoms with van der Waals surface area (Å²) in [6.07, 6.45) is 1.83. The lowest BCUT2D eigenvalue weighted by Gasteiger charge is -2.16. The number of rotatable bonds is 5. The zero-order valence-electron chi connectivity index (χ0n) is 11.7. The molecule has 1 aromatic carbocycles. The van der Waals surface area contributed by atoms with E-state index in [1.165, 1.54) is 6.08 Å². The van der Waals surface area contributed by atoms with Crippen LogP contribution >= 0.6 is 0 Å². The Balaban J connectivity index is 2.59. The van der Waals surface area contributed by atoms with Gasteiger partial charge in [0.15, 0.2) is 0 Å². The van der Waals surface area contributed by atoms with Gasteiger partial charge in [-0.1, -0.05) is 35.9 Å². The van der Waals surface area contributed by atoms with Crippen molar-refractivity contribution in [1.82, 2.24) is 3.97 Å². The van der Waals surface area contributed by atoms with Gasteiger partial charge in [0.1, 0.15) is 16.8 Å². The van der Waals surface area contributed by atoms with Crippen LogP contribution in [0.2, 0.25) is 0 Å². The van der Waals surface area contributed by atoms with Gasteiger partial charge in [0.05, 0.1) is 6.20 Å². The minimum Gasteiger partial charge on any atom is -0.477 e. The second kappa shape index (κ2) is 5.76. The van der Waals surface area contributed by atoms with Crippen LogP contribution in [-0.4, -0.2) is 23.5 Å². The number of carboxylic acid groups (broad SMARTS) is 1. The molecule has 0 amide bonds. The lowest BCUT2D eigenvalue weighted by atomic mass is 10.1. The summed E-state index contributed by atoms with van der Waals surface area (Å²) in [5, 5.41) is 7.84. The van der Waals surface area contributed by atoms with E-state index in [1.807, 2.05) is 6.92 Å². The summed E-state index contributed by atoms with van der Waals surface area (Å²) in [4.78, 5) is 11.1. The minimum atomic E-state index is -4.19. The Bertz CT molecular complexity index is 822. The van der Waals surface area contributed by atoms with E-state index < -0.39 is 32.8 Å². The van der Waals surface area contributed by atoms with Crippen molar-refractivity contribution >= 4 is 16.0 Å². The fourth-order valence-corrected chi connectivity index (χ4v) is 3.73. The van der Waals surface area contributed by atoms with Gasteiger partial charge in [-0.15, -0.1) is 6.58 Å². The van der Waals surface area contributed by atoms with Crippen LogP contribution in [0, 0.1) is 12.7 Å². The maximum absolute atomic E-state index is 13.3. The first-order valence-corrected chi connectivity index (χ1v) is 7.82. The minimum absolute atomic E-state index is 0.422. The number of aromatic carboxylic acids is 1. The van der Waals surface area contributed by atoms with Gasteiger partial charge in [0.25, 0.3) is 0 Å². The number of aromatic nitrogens is 1. The molecule has 1 atom stereocenters. The van der Waals surface area contributed by atoms with Crippen LogP contribution in [0.4, 0.5) is 4.39 Å². The van der Waals surface area contributed by atoms with Crippen LogP contribution in [0.5, 0.6) is 0 Å². The number of benzene rings is 1. The van der Waals surface area contributed by atoms with Crippen molar-refractivity contribution in [3.63, 3.8) is 0 Å². The predicted octanol–water partition coefficient (Wildman–Crippen LogP) is 2.74. The van der Waals surface area contributed by atoms with Gasteiger partial charge >= 0.3 is 5.97 Å². The second-order valence-corrected chi connectivity index (χ2v) is 6.69. The molecule has 0 saturated heterocycles. The van der Waals surface area contributed by atoms with E-state index >= 15 is 0 Å². The molecular formula is C15H14FNO4S. The lowest BCUT2D eigenvalue weighted by Crippen LogP contribution is -2.22. The van der Waals surface area contributed by atoms with Crippen LogP contribution in [-0.2, 0) is 10.0 Å². The normalized spacial score (nSPS) is 12.8. The summed E-state index contributed by atoms with van der Waals surface area (Å²) in [5.41, 5.74) is 0.713. The summed E-state index contributed by atoms with van der Waals surface area (Å²) in [6.45, 7) is 5.35. The van der Waals surface area contributed by atoms with E-state index in [0.717, 1.165) is 5.56 Å². The Morgan fingerprint density at radius 2 is 1.95 bits per heavy atom. The summed E-state index contributed by atoms with van der Waals surface area (Å²) in [6, 6.07) is 7.35. The van der Waals surface area contributed by atoms with E-state index in [9.17, 15) is 17.6 Å². The van der Waals surface area contributed by atoms with Gasteiger partial charge in [-0.2, -0.15) is 0 Å². The highest BCUT2D eigenvalue weighted by Gasteiger charge is 2.30. The molecule has 1 aromatic heterocycles. The van der Waals surface area contributed by atoms with Gasteiger partial charge < -0.3 is 5.11 Å². The van der Waals surface area contributed by atoms with Gasteiger partial charge in [-0.3, -0.25) is 0 Å². The molecule has 2 rings (SSSR count). The smallest absolute Gasteiger partial charge is 0.353 e. The summed E-state index contributed by atoms with van der Waals surface area (Å²) in [5.74, 6) is -2.47. The lowest BCUT2D eigenvalue weighted by molar-refractivity contribution is 0.0689. The molecule has 0 aliphatic rings. The van der Waals surface area contributed by atoms with Gasteiger partial charge in [-0.25, -0.2) is 21.6 Å². The zero-order chi connectivity index (χ0) is 16.5. The van der Waals surface area contributed by atoms with Crippen LogP contribution in [0.1, 0.15) is 26.9 Å². The maximum Gasteiger partial charge on any atom is 0.353 e. The molecule has 0 radical (unpaired) electrons. The van der Waals surface area contributed by atoms with Gasteiger partial charge in [-0.05, 0) is 12.5 Å². The van der Waals surface area contributed by atoms with Gasteiger partial charge in [0, 0.05) is 6.07 Å². The maximum atomic E-state index is 13.3. The topological polar surface area (TPSA) is 76.4 Å². The van der Waals surface area contributed by atoms with Crippen molar-refractivity contribution in [3.05, 3.63) is 71.8 Å². The van der Waals surface area contributed by atoms with Crippen molar-refractivity contribution in [2.45, 2.75) is 12.2 Å². The first-order valence-electron chi connectivity index (χ1n) is 6.32. The van der Waals surface area contributed by atoms with Crippen molar-refractivity contribution in [1.29, 1.82) is 0 Å². The molecular weight excluding hydrogens is 309 g/mol. The predicted molar refractivity (Wildman–Crippen MR) is 79.8 cm³/mol. The van der Waals surface area contributed by atoms with E-state index in [4.69, 9.17) is 5.11 Å². The number of hydrogen-bond acceptors (Lipinski definition) is 3. The molecule has 0 saturated carbocycles. The number of carboxylic acids is 1. The Morgan fingerprint density at radius 1 is 1.36 bits per heavy atom. The highest BCUT2D eigenvalue weighted by molar-refractivity contribution is 7.90. The number of hydrogen-bond donors (Lipinski definition) is 1. The highest BCUT2D eigenvalue weighted by Crippen LogP contribution is 2.27. The molecule has 116 valence electrons. The Morgan fingerprint density at radius 3 is 2.45 bits per heavy atom. The number of halogens is 1. The number of nitrogens with zero attached hydrogens (tertiary/aromatic N) is 1. The molecule has 1 unspecified atom stereocenters. The van der Waals surface area contributed by atoms with Crippen LogP contribution in [0.25, 0.3) is 0 Å². The quantitative estimate of drug-likeness (QED) is 0.858. The van der Waals surface area contributed by atoms with Crippen LogP contribution in [0.15, 0.2) is 49.2 Å². The third-order valence-corrected chi connectivity index (χ3v) is 5.14. The monoisotopic (exact) mass is 323 g/mol. The molecule has 2 aromatic rings. The number of carbonyl (C=O) groups is 1. The van der Waals surface area contributed by atoms with Crippen LogP contribution in [0.3, 0.4) is 0 Å². The molecule has 1 heterocycles. The SMILES string of the molecule is C=CC(c1ccc(C)cc1)S(=O)(=O)n1cc(F)cc1C(=O)O. The molecule has 0 bridgehead atoms. The Kier molecular flexibility index (Phi) is 4.18. The molecule has 1 N–H and O–H groups in total. The summed E-state index contributed by atoms with van der Waals surface area (Å²) in [7, 11) is -4.19. The van der Waals surface area contributed by atoms with Gasteiger partial charge in [0.2, 0.25) is 10.0 Å². The number of aryl methyl sites for hydroxylation is 1. The Labute approximate surface area is 127 Å². The van der Waals surface area contributed by atoms with Crippen molar-refractivity contribution < 1.29 is 22.7 Å². The van der Waals surface area contributed by atoms with Crippen molar-refractivity contribution in [2.75, 3.05) is 0 Å². The first kappa shape index (κ1) is 16.0. The average Bonchev–Trinajstić information content (AvgIpc) is 2.85. The van der Waals surface area contributed by atoms with Crippen LogP contribution < -0.4 is 0 Å². The molecule has 0 spiro atoms.